The average Bonchev–Trinajstić information content (AvgIpc) is 2.51. The zero-order valence-electron chi connectivity index (χ0n) is 13.1. The second kappa shape index (κ2) is 7.43. The largest absolute Gasteiger partial charge is 0.198 e. The quantitative estimate of drug-likeness (QED) is 0.787. The van der Waals surface area contributed by atoms with Gasteiger partial charge < -0.3 is 0 Å². The van der Waals surface area contributed by atoms with Crippen molar-refractivity contribution in [3.8, 4) is 12.1 Å². The van der Waals surface area contributed by atoms with Gasteiger partial charge in [-0.2, -0.15) is 10.5 Å². The fraction of sp³-hybridized carbons (Fsp3) is 0.300. The molecule has 2 heteroatoms. The molecule has 0 N–H and O–H groups in total. The van der Waals surface area contributed by atoms with Crippen molar-refractivity contribution in [2.75, 3.05) is 0 Å². The Labute approximate surface area is 132 Å². The normalized spacial score (nSPS) is 10.5. The van der Waals surface area contributed by atoms with Crippen molar-refractivity contribution in [3.63, 3.8) is 0 Å². The molecule has 0 saturated carbocycles. The SMILES string of the molecule is Cc1ccccc1C(c1ccccc1C)C(CC#N)CC#N. The molecule has 22 heavy (non-hydrogen) atoms. The lowest BCUT2D eigenvalue weighted by molar-refractivity contribution is 0.484. The molecule has 0 aliphatic heterocycles. The summed E-state index contributed by atoms with van der Waals surface area (Å²) in [6.45, 7) is 4.19. The summed E-state index contributed by atoms with van der Waals surface area (Å²) in [6.07, 6.45) is 0.780. The maximum atomic E-state index is 9.19. The van der Waals surface area contributed by atoms with Crippen molar-refractivity contribution >= 4 is 0 Å². The van der Waals surface area contributed by atoms with E-state index in [1.54, 1.807) is 0 Å². The van der Waals surface area contributed by atoms with Gasteiger partial charge in [0.15, 0.2) is 0 Å². The molecule has 0 radical (unpaired) electrons. The lowest BCUT2D eigenvalue weighted by Crippen LogP contribution is -2.16. The first-order valence-electron chi connectivity index (χ1n) is 7.54. The van der Waals surface area contributed by atoms with Crippen LogP contribution in [0.15, 0.2) is 48.5 Å². The van der Waals surface area contributed by atoms with E-state index >= 15 is 0 Å². The highest BCUT2D eigenvalue weighted by Gasteiger charge is 2.27. The monoisotopic (exact) mass is 288 g/mol. The Morgan fingerprint density at radius 1 is 0.773 bits per heavy atom. The molecule has 2 nitrogen and oxygen atoms in total. The van der Waals surface area contributed by atoms with Crippen LogP contribution in [0.25, 0.3) is 0 Å². The van der Waals surface area contributed by atoms with Crippen LogP contribution in [0.2, 0.25) is 0 Å². The number of nitriles is 2. The number of hydrogen-bond donors (Lipinski definition) is 0. The summed E-state index contributed by atoms with van der Waals surface area (Å²) in [5, 5.41) is 18.4. The summed E-state index contributed by atoms with van der Waals surface area (Å²) < 4.78 is 0. The van der Waals surface area contributed by atoms with Gasteiger partial charge in [0.05, 0.1) is 12.1 Å². The molecule has 0 aliphatic rings. The van der Waals surface area contributed by atoms with Crippen molar-refractivity contribution in [2.45, 2.75) is 32.6 Å². The van der Waals surface area contributed by atoms with Gasteiger partial charge in [0.1, 0.15) is 0 Å². The Bertz CT molecular complexity index is 657. The molecular weight excluding hydrogens is 268 g/mol. The number of nitrogens with zero attached hydrogens (tertiary/aromatic N) is 2. The summed E-state index contributed by atoms with van der Waals surface area (Å²) in [5.41, 5.74) is 4.84. The van der Waals surface area contributed by atoms with Gasteiger partial charge in [-0.15, -0.1) is 0 Å². The third kappa shape index (κ3) is 3.35. The van der Waals surface area contributed by atoms with Gasteiger partial charge in [-0.1, -0.05) is 48.5 Å². The highest BCUT2D eigenvalue weighted by Crippen LogP contribution is 2.38. The van der Waals surface area contributed by atoms with Crippen LogP contribution in [-0.4, -0.2) is 0 Å². The van der Waals surface area contributed by atoms with Crippen LogP contribution in [0.5, 0.6) is 0 Å². The zero-order chi connectivity index (χ0) is 15.9. The maximum Gasteiger partial charge on any atom is 0.0625 e. The molecule has 0 spiro atoms. The molecular formula is C20H20N2. The molecule has 0 aromatic heterocycles. The maximum absolute atomic E-state index is 9.19. The predicted octanol–water partition coefficient (Wildman–Crippen LogP) is 4.88. The lowest BCUT2D eigenvalue weighted by atomic mass is 9.75. The molecule has 2 aromatic carbocycles. The molecule has 110 valence electrons. The van der Waals surface area contributed by atoms with E-state index in [1.165, 1.54) is 22.3 Å². The molecule has 2 rings (SSSR count). The first-order chi connectivity index (χ1) is 10.7. The van der Waals surface area contributed by atoms with Gasteiger partial charge in [0, 0.05) is 18.8 Å². The van der Waals surface area contributed by atoms with Gasteiger partial charge >= 0.3 is 0 Å². The van der Waals surface area contributed by atoms with E-state index in [0.29, 0.717) is 12.8 Å². The van der Waals surface area contributed by atoms with E-state index in [4.69, 9.17) is 0 Å². The van der Waals surface area contributed by atoms with Crippen LogP contribution in [0.1, 0.15) is 41.0 Å². The van der Waals surface area contributed by atoms with Crippen LogP contribution in [-0.2, 0) is 0 Å². The molecule has 0 fully saturated rings. The van der Waals surface area contributed by atoms with Crippen LogP contribution < -0.4 is 0 Å². The first kappa shape index (κ1) is 15.8. The predicted molar refractivity (Wildman–Crippen MR) is 88.2 cm³/mol. The molecule has 0 saturated heterocycles. The minimum Gasteiger partial charge on any atom is -0.198 e. The minimum absolute atomic E-state index is 0.0113. The molecule has 0 unspecified atom stereocenters. The zero-order valence-corrected chi connectivity index (χ0v) is 13.1. The van der Waals surface area contributed by atoms with Crippen molar-refractivity contribution in [1.29, 1.82) is 10.5 Å². The summed E-state index contributed by atoms with van der Waals surface area (Å²) >= 11 is 0. The van der Waals surface area contributed by atoms with Crippen molar-refractivity contribution in [2.24, 2.45) is 5.92 Å². The van der Waals surface area contributed by atoms with E-state index < -0.39 is 0 Å². The Morgan fingerprint density at radius 2 is 1.18 bits per heavy atom. The molecule has 0 atom stereocenters. The highest BCUT2D eigenvalue weighted by atomic mass is 14.3. The molecule has 0 bridgehead atoms. The molecule has 2 aromatic rings. The fourth-order valence-corrected chi connectivity index (χ4v) is 3.09. The Kier molecular flexibility index (Phi) is 5.34. The van der Waals surface area contributed by atoms with E-state index in [9.17, 15) is 10.5 Å². The van der Waals surface area contributed by atoms with E-state index in [0.717, 1.165) is 0 Å². The number of rotatable bonds is 5. The van der Waals surface area contributed by atoms with Gasteiger partial charge in [0.2, 0.25) is 0 Å². The Morgan fingerprint density at radius 3 is 1.55 bits per heavy atom. The number of hydrogen-bond acceptors (Lipinski definition) is 2. The van der Waals surface area contributed by atoms with Gasteiger partial charge in [0.25, 0.3) is 0 Å². The van der Waals surface area contributed by atoms with Crippen LogP contribution in [0, 0.1) is 42.4 Å². The van der Waals surface area contributed by atoms with Gasteiger partial charge in [-0.3, -0.25) is 0 Å². The van der Waals surface area contributed by atoms with Crippen LogP contribution >= 0.6 is 0 Å². The lowest BCUT2D eigenvalue weighted by Gasteiger charge is -2.27. The topological polar surface area (TPSA) is 47.6 Å². The highest BCUT2D eigenvalue weighted by molar-refractivity contribution is 5.41. The summed E-state index contributed by atoms with van der Waals surface area (Å²) in [5.74, 6) is 0.0962. The van der Waals surface area contributed by atoms with Crippen LogP contribution in [0.4, 0.5) is 0 Å². The van der Waals surface area contributed by atoms with Crippen molar-refractivity contribution in [3.05, 3.63) is 70.8 Å². The average molecular weight is 288 g/mol. The molecule has 0 heterocycles. The standard InChI is InChI=1S/C20H20N2/c1-15-7-3-5-9-18(15)20(17(11-13-21)12-14-22)19-10-6-4-8-16(19)2/h3-10,17,20H,11-12H2,1-2H3. The Hall–Kier alpha value is -2.58. The van der Waals surface area contributed by atoms with Crippen molar-refractivity contribution < 1.29 is 0 Å². The smallest absolute Gasteiger partial charge is 0.0625 e. The summed E-state index contributed by atoms with van der Waals surface area (Å²) in [4.78, 5) is 0. The fourth-order valence-electron chi connectivity index (χ4n) is 3.09. The second-order valence-corrected chi connectivity index (χ2v) is 5.68. The minimum atomic E-state index is 0.0113. The number of aryl methyl sites for hydroxylation is 2. The second-order valence-electron chi connectivity index (χ2n) is 5.68. The summed E-state index contributed by atoms with van der Waals surface area (Å²) in [7, 11) is 0. The first-order valence-corrected chi connectivity index (χ1v) is 7.54. The van der Waals surface area contributed by atoms with Crippen LogP contribution in [0.3, 0.4) is 0 Å². The molecule has 0 aliphatic carbocycles. The number of benzene rings is 2. The van der Waals surface area contributed by atoms with Gasteiger partial charge in [-0.25, -0.2) is 0 Å². The summed E-state index contributed by atoms with van der Waals surface area (Å²) in [6, 6.07) is 21.1. The Balaban J connectivity index is 2.60. The third-order valence-corrected chi connectivity index (χ3v) is 4.23. The van der Waals surface area contributed by atoms with Gasteiger partial charge in [-0.05, 0) is 42.0 Å². The molecule has 0 amide bonds. The van der Waals surface area contributed by atoms with Crippen molar-refractivity contribution in [1.82, 2.24) is 0 Å². The van der Waals surface area contributed by atoms with E-state index in [1.807, 2.05) is 24.3 Å². The third-order valence-electron chi connectivity index (χ3n) is 4.23. The van der Waals surface area contributed by atoms with E-state index in [-0.39, 0.29) is 11.8 Å². The van der Waals surface area contributed by atoms with E-state index in [2.05, 4.69) is 50.3 Å².